The topological polar surface area (TPSA) is 15.7 Å². The fraction of sp³-hybridized carbons (Fsp3) is 0.684. The first-order chi connectivity index (χ1) is 11.1. The summed E-state index contributed by atoms with van der Waals surface area (Å²) in [7, 11) is 0. The van der Waals surface area contributed by atoms with Crippen LogP contribution in [0.15, 0.2) is 29.2 Å². The molecule has 3 rings (SSSR count). The maximum atomic E-state index is 5.46. The Labute approximate surface area is 145 Å². The van der Waals surface area contributed by atoms with Gasteiger partial charge in [0, 0.05) is 37.6 Å². The van der Waals surface area contributed by atoms with Crippen LogP contribution in [0.5, 0.6) is 0 Å². The molecule has 4 heteroatoms. The third-order valence-corrected chi connectivity index (χ3v) is 6.38. The Bertz CT molecular complexity index is 502. The maximum Gasteiger partial charge on any atom is 0.0603 e. The van der Waals surface area contributed by atoms with Crippen LogP contribution in [0.2, 0.25) is 0 Å². The highest BCUT2D eigenvalue weighted by atomic mass is 32.2. The van der Waals surface area contributed by atoms with E-state index in [-0.39, 0.29) is 0 Å². The van der Waals surface area contributed by atoms with Gasteiger partial charge in [0.2, 0.25) is 0 Å². The Morgan fingerprint density at radius 2 is 1.91 bits per heavy atom. The first kappa shape index (κ1) is 17.3. The number of nitrogens with zero attached hydrogens (tertiary/aromatic N) is 2. The van der Waals surface area contributed by atoms with Gasteiger partial charge in [-0.25, -0.2) is 4.31 Å². The van der Waals surface area contributed by atoms with Crippen LogP contribution in [0.25, 0.3) is 0 Å². The van der Waals surface area contributed by atoms with Crippen LogP contribution in [0.3, 0.4) is 0 Å². The summed E-state index contributed by atoms with van der Waals surface area (Å²) in [5.41, 5.74) is 1.47. The lowest BCUT2D eigenvalue weighted by atomic mass is 9.88. The maximum absolute atomic E-state index is 5.46. The van der Waals surface area contributed by atoms with Crippen molar-refractivity contribution in [3.8, 4) is 0 Å². The molecule has 0 spiro atoms. The molecule has 0 aromatic heterocycles. The predicted octanol–water partition coefficient (Wildman–Crippen LogP) is 3.75. The van der Waals surface area contributed by atoms with E-state index in [4.69, 9.17) is 4.74 Å². The Morgan fingerprint density at radius 3 is 2.61 bits per heavy atom. The van der Waals surface area contributed by atoms with E-state index in [1.807, 2.05) is 11.9 Å². The second-order valence-corrected chi connectivity index (χ2v) is 8.46. The molecule has 0 N–H and O–H groups in total. The van der Waals surface area contributed by atoms with Crippen LogP contribution in [0, 0.1) is 17.8 Å². The molecule has 0 amide bonds. The number of likely N-dealkylation sites (tertiary alicyclic amines) is 1. The summed E-state index contributed by atoms with van der Waals surface area (Å²) < 4.78 is 7.89. The summed E-state index contributed by atoms with van der Waals surface area (Å²) in [6, 6.07) is 8.92. The average molecular weight is 335 g/mol. The number of hydrogen-bond donors (Lipinski definition) is 0. The van der Waals surface area contributed by atoms with Gasteiger partial charge in [-0.2, -0.15) is 0 Å². The normalized spacial score (nSPS) is 27.0. The van der Waals surface area contributed by atoms with E-state index in [0.717, 1.165) is 50.6 Å². The average Bonchev–Trinajstić information content (AvgIpc) is 2.91. The van der Waals surface area contributed by atoms with Crippen molar-refractivity contribution in [1.29, 1.82) is 0 Å². The largest absolute Gasteiger partial charge is 0.379 e. The van der Waals surface area contributed by atoms with Gasteiger partial charge in [0.1, 0.15) is 0 Å². The highest BCUT2D eigenvalue weighted by molar-refractivity contribution is 7.97. The van der Waals surface area contributed by atoms with E-state index in [1.54, 1.807) is 0 Å². The van der Waals surface area contributed by atoms with Gasteiger partial charge < -0.3 is 4.74 Å². The third kappa shape index (κ3) is 4.50. The van der Waals surface area contributed by atoms with Gasteiger partial charge in [-0.3, -0.25) is 4.90 Å². The summed E-state index contributed by atoms with van der Waals surface area (Å²) in [6.45, 7) is 14.5. The molecule has 0 bridgehead atoms. The van der Waals surface area contributed by atoms with Gasteiger partial charge in [-0.1, -0.05) is 39.0 Å². The fourth-order valence-corrected chi connectivity index (χ4v) is 4.83. The minimum atomic E-state index is 0.785. The molecule has 0 aliphatic carbocycles. The number of morpholine rings is 1. The lowest BCUT2D eigenvalue weighted by molar-refractivity contribution is 0.0773. The lowest BCUT2D eigenvalue weighted by Gasteiger charge is -2.27. The van der Waals surface area contributed by atoms with E-state index >= 15 is 0 Å². The summed E-state index contributed by atoms with van der Waals surface area (Å²) in [5.74, 6) is 2.44. The second-order valence-electron chi connectivity index (χ2n) is 7.32. The first-order valence-corrected chi connectivity index (χ1v) is 9.71. The van der Waals surface area contributed by atoms with Gasteiger partial charge in [0.25, 0.3) is 0 Å². The minimum absolute atomic E-state index is 0.785. The van der Waals surface area contributed by atoms with Gasteiger partial charge >= 0.3 is 0 Å². The lowest BCUT2D eigenvalue weighted by Crippen LogP contribution is -2.31. The molecule has 2 aliphatic rings. The molecule has 2 atom stereocenters. The molecule has 23 heavy (non-hydrogen) atoms. The van der Waals surface area contributed by atoms with Crippen LogP contribution in [-0.4, -0.2) is 48.6 Å². The van der Waals surface area contributed by atoms with Crippen molar-refractivity contribution in [1.82, 2.24) is 9.21 Å². The highest BCUT2D eigenvalue weighted by Crippen LogP contribution is 2.32. The van der Waals surface area contributed by atoms with Crippen molar-refractivity contribution in [2.45, 2.75) is 32.2 Å². The molecular formula is C19H30N2OS. The van der Waals surface area contributed by atoms with Crippen molar-refractivity contribution >= 4 is 11.9 Å². The molecule has 0 radical (unpaired) electrons. The molecule has 1 aromatic rings. The van der Waals surface area contributed by atoms with Crippen molar-refractivity contribution < 1.29 is 4.74 Å². The zero-order valence-corrected chi connectivity index (χ0v) is 15.5. The van der Waals surface area contributed by atoms with Crippen LogP contribution in [0.1, 0.15) is 26.3 Å². The molecule has 128 valence electrons. The van der Waals surface area contributed by atoms with Crippen molar-refractivity contribution in [3.63, 3.8) is 0 Å². The zero-order valence-electron chi connectivity index (χ0n) is 14.7. The molecule has 2 aliphatic heterocycles. The van der Waals surface area contributed by atoms with E-state index in [0.29, 0.717) is 0 Å². The van der Waals surface area contributed by atoms with E-state index in [1.165, 1.54) is 23.5 Å². The van der Waals surface area contributed by atoms with Gasteiger partial charge in [-0.05, 0) is 41.3 Å². The summed E-state index contributed by atoms with van der Waals surface area (Å²) in [4.78, 5) is 4.06. The van der Waals surface area contributed by atoms with Crippen molar-refractivity contribution in [2.75, 3.05) is 39.4 Å². The van der Waals surface area contributed by atoms with Gasteiger partial charge in [0.15, 0.2) is 0 Å². The van der Waals surface area contributed by atoms with Gasteiger partial charge in [0.05, 0.1) is 13.2 Å². The minimum Gasteiger partial charge on any atom is -0.379 e. The molecule has 2 unspecified atom stereocenters. The summed E-state index contributed by atoms with van der Waals surface area (Å²) in [6.07, 6.45) is 0. The first-order valence-electron chi connectivity index (χ1n) is 8.94. The standard InChI is InChI=1S/C19H30N2OS/c1-15(2)18-14-20(12-16(18)3)13-17-6-4-5-7-19(17)23-21-8-10-22-11-9-21/h4-7,15-16,18H,8-14H2,1-3H3. The highest BCUT2D eigenvalue weighted by Gasteiger charge is 2.31. The van der Waals surface area contributed by atoms with Crippen LogP contribution in [-0.2, 0) is 11.3 Å². The van der Waals surface area contributed by atoms with Crippen molar-refractivity contribution in [2.24, 2.45) is 17.8 Å². The van der Waals surface area contributed by atoms with Crippen LogP contribution in [0.4, 0.5) is 0 Å². The Hall–Kier alpha value is -0.550. The Balaban J connectivity index is 1.64. The molecule has 2 fully saturated rings. The Kier molecular flexibility index (Phi) is 6.02. The quantitative estimate of drug-likeness (QED) is 0.762. The fourth-order valence-electron chi connectivity index (χ4n) is 3.83. The predicted molar refractivity (Wildman–Crippen MR) is 97.5 cm³/mol. The molecule has 2 heterocycles. The zero-order chi connectivity index (χ0) is 16.2. The Morgan fingerprint density at radius 1 is 1.17 bits per heavy atom. The number of rotatable bonds is 5. The van der Waals surface area contributed by atoms with Crippen LogP contribution >= 0.6 is 11.9 Å². The molecule has 3 nitrogen and oxygen atoms in total. The van der Waals surface area contributed by atoms with Crippen molar-refractivity contribution in [3.05, 3.63) is 29.8 Å². The number of benzene rings is 1. The number of ether oxygens (including phenoxy) is 1. The molecular weight excluding hydrogens is 304 g/mol. The monoisotopic (exact) mass is 334 g/mol. The van der Waals surface area contributed by atoms with E-state index < -0.39 is 0 Å². The third-order valence-electron chi connectivity index (χ3n) is 5.17. The molecule has 2 saturated heterocycles. The van der Waals surface area contributed by atoms with E-state index in [9.17, 15) is 0 Å². The summed E-state index contributed by atoms with van der Waals surface area (Å²) in [5, 5.41) is 0. The SMILES string of the molecule is CC(C)C1CN(Cc2ccccc2SN2CCOCC2)CC1C. The van der Waals surface area contributed by atoms with Gasteiger partial charge in [-0.15, -0.1) is 0 Å². The van der Waals surface area contributed by atoms with Crippen LogP contribution < -0.4 is 0 Å². The summed E-state index contributed by atoms with van der Waals surface area (Å²) >= 11 is 1.91. The molecule has 0 saturated carbocycles. The smallest absolute Gasteiger partial charge is 0.0603 e. The second kappa shape index (κ2) is 8.02. The van der Waals surface area contributed by atoms with E-state index in [2.05, 4.69) is 54.2 Å². The number of hydrogen-bond acceptors (Lipinski definition) is 4. The molecule has 1 aromatic carbocycles.